The van der Waals surface area contributed by atoms with Gasteiger partial charge in [0.2, 0.25) is 0 Å². The van der Waals surface area contributed by atoms with Crippen LogP contribution in [0.1, 0.15) is 29.9 Å². The van der Waals surface area contributed by atoms with Gasteiger partial charge in [-0.1, -0.05) is 42.5 Å². The van der Waals surface area contributed by atoms with Crippen LogP contribution in [0, 0.1) is 0 Å². The van der Waals surface area contributed by atoms with E-state index in [1.165, 1.54) is 0 Å². The molecule has 2 aromatic carbocycles. The zero-order chi connectivity index (χ0) is 16.2. The van der Waals surface area contributed by atoms with Gasteiger partial charge in [-0.2, -0.15) is 0 Å². The van der Waals surface area contributed by atoms with Gasteiger partial charge in [-0.3, -0.25) is 9.78 Å². The van der Waals surface area contributed by atoms with E-state index < -0.39 is 0 Å². The van der Waals surface area contributed by atoms with Gasteiger partial charge in [0.25, 0.3) is 5.91 Å². The lowest BCUT2D eigenvalue weighted by Gasteiger charge is -2.26. The minimum Gasteiger partial charge on any atom is -0.331 e. The molecule has 0 bridgehead atoms. The topological polar surface area (TPSA) is 46.1 Å². The first kappa shape index (κ1) is 15.2. The van der Waals surface area contributed by atoms with Crippen molar-refractivity contribution in [2.75, 3.05) is 0 Å². The minimum atomic E-state index is -0.0953. The number of para-hydroxylation sites is 2. The van der Waals surface area contributed by atoms with Crippen LogP contribution in [0.25, 0.3) is 11.0 Å². The predicted octanol–water partition coefficient (Wildman–Crippen LogP) is 3.68. The maximum Gasteiger partial charge on any atom is 0.274 e. The van der Waals surface area contributed by atoms with Crippen LogP contribution in [-0.4, -0.2) is 26.8 Å². The summed E-state index contributed by atoms with van der Waals surface area (Å²) in [5, 5.41) is 0. The lowest BCUT2D eigenvalue weighted by Crippen LogP contribution is -2.36. The van der Waals surface area contributed by atoms with Crippen molar-refractivity contribution in [1.82, 2.24) is 14.9 Å². The van der Waals surface area contributed by atoms with Gasteiger partial charge in [-0.05, 0) is 31.5 Å². The molecule has 0 saturated heterocycles. The van der Waals surface area contributed by atoms with Crippen LogP contribution in [-0.2, 0) is 6.54 Å². The molecule has 0 N–H and O–H groups in total. The molecule has 0 atom stereocenters. The van der Waals surface area contributed by atoms with E-state index in [0.29, 0.717) is 12.2 Å². The number of rotatable bonds is 4. The minimum absolute atomic E-state index is 0.0796. The number of carbonyl (C=O) groups excluding carboxylic acids is 1. The second-order valence-corrected chi connectivity index (χ2v) is 5.76. The molecule has 0 saturated carbocycles. The number of benzene rings is 2. The van der Waals surface area contributed by atoms with Crippen molar-refractivity contribution in [3.63, 3.8) is 0 Å². The van der Waals surface area contributed by atoms with E-state index in [4.69, 9.17) is 0 Å². The van der Waals surface area contributed by atoms with Crippen LogP contribution >= 0.6 is 0 Å². The summed E-state index contributed by atoms with van der Waals surface area (Å²) in [5.74, 6) is -0.0953. The maximum atomic E-state index is 12.9. The largest absolute Gasteiger partial charge is 0.331 e. The van der Waals surface area contributed by atoms with Crippen LogP contribution in [0.5, 0.6) is 0 Å². The van der Waals surface area contributed by atoms with Gasteiger partial charge in [0, 0.05) is 12.6 Å². The molecular formula is C19H19N3O. The maximum absolute atomic E-state index is 12.9. The summed E-state index contributed by atoms with van der Waals surface area (Å²) in [6.45, 7) is 4.58. The summed E-state index contributed by atoms with van der Waals surface area (Å²) < 4.78 is 0. The van der Waals surface area contributed by atoms with Crippen molar-refractivity contribution in [3.8, 4) is 0 Å². The Bertz CT molecular complexity index is 815. The van der Waals surface area contributed by atoms with E-state index in [-0.39, 0.29) is 11.9 Å². The van der Waals surface area contributed by atoms with Gasteiger partial charge in [-0.15, -0.1) is 0 Å². The third kappa shape index (κ3) is 3.37. The smallest absolute Gasteiger partial charge is 0.274 e. The summed E-state index contributed by atoms with van der Waals surface area (Å²) in [7, 11) is 0. The Kier molecular flexibility index (Phi) is 4.33. The summed E-state index contributed by atoms with van der Waals surface area (Å²) in [4.78, 5) is 23.5. The van der Waals surface area contributed by atoms with Crippen LogP contribution in [0.4, 0.5) is 0 Å². The monoisotopic (exact) mass is 305 g/mol. The number of hydrogen-bond acceptors (Lipinski definition) is 3. The van der Waals surface area contributed by atoms with Crippen molar-refractivity contribution in [2.24, 2.45) is 0 Å². The second-order valence-electron chi connectivity index (χ2n) is 5.76. The van der Waals surface area contributed by atoms with Gasteiger partial charge in [0.05, 0.1) is 17.2 Å². The Hall–Kier alpha value is -2.75. The highest BCUT2D eigenvalue weighted by atomic mass is 16.2. The fraction of sp³-hybridized carbons (Fsp3) is 0.211. The molecule has 1 amide bonds. The fourth-order valence-electron chi connectivity index (χ4n) is 2.48. The van der Waals surface area contributed by atoms with Crippen molar-refractivity contribution < 1.29 is 4.79 Å². The molecule has 4 heteroatoms. The average molecular weight is 305 g/mol. The zero-order valence-corrected chi connectivity index (χ0v) is 13.3. The van der Waals surface area contributed by atoms with E-state index in [2.05, 4.69) is 9.97 Å². The number of hydrogen-bond donors (Lipinski definition) is 0. The SMILES string of the molecule is CC(C)N(Cc1ccccc1)C(=O)c1cnc2ccccc2n1. The zero-order valence-electron chi connectivity index (χ0n) is 13.3. The molecule has 3 rings (SSSR count). The first-order valence-corrected chi connectivity index (χ1v) is 7.72. The predicted molar refractivity (Wildman–Crippen MR) is 91.0 cm³/mol. The summed E-state index contributed by atoms with van der Waals surface area (Å²) in [5.41, 5.74) is 3.02. The van der Waals surface area contributed by atoms with Crippen molar-refractivity contribution in [2.45, 2.75) is 26.4 Å². The molecule has 1 aromatic heterocycles. The first-order valence-electron chi connectivity index (χ1n) is 7.72. The average Bonchev–Trinajstić information content (AvgIpc) is 2.59. The van der Waals surface area contributed by atoms with Crippen molar-refractivity contribution in [1.29, 1.82) is 0 Å². The van der Waals surface area contributed by atoms with Gasteiger partial charge >= 0.3 is 0 Å². The molecular weight excluding hydrogens is 286 g/mol. The van der Waals surface area contributed by atoms with E-state index in [9.17, 15) is 4.79 Å². The number of aromatic nitrogens is 2. The Labute approximate surface area is 135 Å². The number of amides is 1. The lowest BCUT2D eigenvalue weighted by atomic mass is 10.1. The molecule has 3 aromatic rings. The Morgan fingerprint density at radius 1 is 1.00 bits per heavy atom. The van der Waals surface area contributed by atoms with E-state index in [1.54, 1.807) is 6.20 Å². The molecule has 0 fully saturated rings. The molecule has 1 heterocycles. The van der Waals surface area contributed by atoms with Gasteiger partial charge in [0.15, 0.2) is 0 Å². The quantitative estimate of drug-likeness (QED) is 0.738. The molecule has 0 aliphatic carbocycles. The molecule has 0 aliphatic heterocycles. The lowest BCUT2D eigenvalue weighted by molar-refractivity contribution is 0.0684. The molecule has 23 heavy (non-hydrogen) atoms. The summed E-state index contributed by atoms with van der Waals surface area (Å²) in [6.07, 6.45) is 1.56. The standard InChI is InChI=1S/C19H19N3O/c1-14(2)22(13-15-8-4-3-5-9-15)19(23)18-12-20-16-10-6-7-11-17(16)21-18/h3-12,14H,13H2,1-2H3. The highest BCUT2D eigenvalue weighted by molar-refractivity contribution is 5.94. The van der Waals surface area contributed by atoms with E-state index in [0.717, 1.165) is 16.6 Å². The second kappa shape index (κ2) is 6.57. The van der Waals surface area contributed by atoms with Crippen LogP contribution in [0.2, 0.25) is 0 Å². The van der Waals surface area contributed by atoms with Gasteiger partial charge < -0.3 is 4.90 Å². The fourth-order valence-corrected chi connectivity index (χ4v) is 2.48. The third-order valence-corrected chi connectivity index (χ3v) is 3.75. The summed E-state index contributed by atoms with van der Waals surface area (Å²) in [6, 6.07) is 17.6. The van der Waals surface area contributed by atoms with E-state index >= 15 is 0 Å². The molecule has 0 unspecified atom stereocenters. The molecule has 4 nitrogen and oxygen atoms in total. The Morgan fingerprint density at radius 3 is 2.35 bits per heavy atom. The van der Waals surface area contributed by atoms with Crippen LogP contribution < -0.4 is 0 Å². The normalized spacial score (nSPS) is 10.9. The van der Waals surface area contributed by atoms with Gasteiger partial charge in [-0.25, -0.2) is 4.98 Å². The first-order chi connectivity index (χ1) is 11.1. The molecule has 0 spiro atoms. The van der Waals surface area contributed by atoms with Crippen LogP contribution in [0.15, 0.2) is 60.8 Å². The van der Waals surface area contributed by atoms with E-state index in [1.807, 2.05) is 73.3 Å². The number of fused-ring (bicyclic) bond motifs is 1. The number of nitrogens with zero attached hydrogens (tertiary/aromatic N) is 3. The Balaban J connectivity index is 1.90. The van der Waals surface area contributed by atoms with Crippen LogP contribution in [0.3, 0.4) is 0 Å². The number of carbonyl (C=O) groups is 1. The molecule has 0 aliphatic rings. The highest BCUT2D eigenvalue weighted by Crippen LogP contribution is 2.14. The molecule has 116 valence electrons. The summed E-state index contributed by atoms with van der Waals surface area (Å²) >= 11 is 0. The Morgan fingerprint density at radius 2 is 1.65 bits per heavy atom. The van der Waals surface area contributed by atoms with Crippen molar-refractivity contribution >= 4 is 16.9 Å². The van der Waals surface area contributed by atoms with Crippen molar-refractivity contribution in [3.05, 3.63) is 72.1 Å². The highest BCUT2D eigenvalue weighted by Gasteiger charge is 2.20. The molecule has 0 radical (unpaired) electrons. The van der Waals surface area contributed by atoms with Gasteiger partial charge in [0.1, 0.15) is 5.69 Å². The third-order valence-electron chi connectivity index (χ3n) is 3.75.